The van der Waals surface area contributed by atoms with Gasteiger partial charge in [-0.3, -0.25) is 4.57 Å². The molecule has 0 aliphatic heterocycles. The van der Waals surface area contributed by atoms with Crippen molar-refractivity contribution in [3.63, 3.8) is 0 Å². The van der Waals surface area contributed by atoms with Crippen molar-refractivity contribution >= 4 is 34.5 Å². The van der Waals surface area contributed by atoms with Gasteiger partial charge < -0.3 is 10.6 Å². The average Bonchev–Trinajstić information content (AvgIpc) is 2.79. The van der Waals surface area contributed by atoms with Crippen LogP contribution >= 0.6 is 11.6 Å². The number of nitrogens with zero attached hydrogens (tertiary/aromatic N) is 3. The number of alkyl halides is 1. The number of anilines is 1. The molecule has 7 heteroatoms. The SMILES string of the molecule is CNc1ncnc2c1ccn2C(=O)NCCCl. The van der Waals surface area contributed by atoms with Crippen molar-refractivity contribution in [3.8, 4) is 0 Å². The number of carbonyl (C=O) groups is 1. The van der Waals surface area contributed by atoms with Gasteiger partial charge in [-0.1, -0.05) is 0 Å². The van der Waals surface area contributed by atoms with Crippen LogP contribution in [0.4, 0.5) is 10.6 Å². The van der Waals surface area contributed by atoms with Gasteiger partial charge in [0, 0.05) is 25.7 Å². The fourth-order valence-corrected chi connectivity index (χ4v) is 1.65. The fraction of sp³-hybridized carbons (Fsp3) is 0.300. The van der Waals surface area contributed by atoms with Crippen LogP contribution in [0.2, 0.25) is 0 Å². The number of halogens is 1. The predicted octanol–water partition coefficient (Wildman–Crippen LogP) is 1.27. The summed E-state index contributed by atoms with van der Waals surface area (Å²) < 4.78 is 1.43. The number of amides is 1. The second kappa shape index (κ2) is 5.01. The summed E-state index contributed by atoms with van der Waals surface area (Å²) in [5.74, 6) is 1.07. The molecule has 2 heterocycles. The van der Waals surface area contributed by atoms with Gasteiger partial charge in [0.15, 0.2) is 5.65 Å². The lowest BCUT2D eigenvalue weighted by molar-refractivity contribution is 0.243. The van der Waals surface area contributed by atoms with Crippen LogP contribution in [-0.2, 0) is 0 Å². The van der Waals surface area contributed by atoms with Crippen LogP contribution in [0.25, 0.3) is 11.0 Å². The van der Waals surface area contributed by atoms with Crippen molar-refractivity contribution < 1.29 is 4.79 Å². The highest BCUT2D eigenvalue weighted by Gasteiger charge is 2.11. The Morgan fingerprint density at radius 2 is 2.35 bits per heavy atom. The second-order valence-electron chi connectivity index (χ2n) is 3.32. The Morgan fingerprint density at radius 1 is 1.53 bits per heavy atom. The number of hydrogen-bond donors (Lipinski definition) is 2. The highest BCUT2D eigenvalue weighted by Crippen LogP contribution is 2.19. The summed E-state index contributed by atoms with van der Waals surface area (Å²) in [6.45, 7) is 0.421. The summed E-state index contributed by atoms with van der Waals surface area (Å²) in [6, 6.07) is 1.54. The number of aromatic nitrogens is 3. The van der Waals surface area contributed by atoms with Crippen LogP contribution in [0, 0.1) is 0 Å². The third kappa shape index (κ3) is 2.16. The largest absolute Gasteiger partial charge is 0.372 e. The molecule has 0 aliphatic carbocycles. The molecule has 90 valence electrons. The van der Waals surface area contributed by atoms with Crippen molar-refractivity contribution in [3.05, 3.63) is 18.6 Å². The van der Waals surface area contributed by atoms with Crippen molar-refractivity contribution in [1.82, 2.24) is 19.9 Å². The second-order valence-corrected chi connectivity index (χ2v) is 3.69. The van der Waals surface area contributed by atoms with Gasteiger partial charge in [-0.15, -0.1) is 11.6 Å². The molecule has 0 spiro atoms. The third-order valence-electron chi connectivity index (χ3n) is 2.31. The van der Waals surface area contributed by atoms with Gasteiger partial charge in [-0.2, -0.15) is 0 Å². The van der Waals surface area contributed by atoms with Crippen molar-refractivity contribution in [2.75, 3.05) is 24.8 Å². The van der Waals surface area contributed by atoms with E-state index in [9.17, 15) is 4.79 Å². The van der Waals surface area contributed by atoms with E-state index in [2.05, 4.69) is 20.6 Å². The van der Waals surface area contributed by atoms with E-state index in [-0.39, 0.29) is 6.03 Å². The smallest absolute Gasteiger partial charge is 0.327 e. The minimum Gasteiger partial charge on any atom is -0.372 e. The molecule has 0 radical (unpaired) electrons. The highest BCUT2D eigenvalue weighted by atomic mass is 35.5. The summed E-state index contributed by atoms with van der Waals surface area (Å²) in [5, 5.41) is 6.43. The Hall–Kier alpha value is -1.82. The number of nitrogens with one attached hydrogen (secondary N) is 2. The Balaban J connectivity index is 2.39. The number of hydrogen-bond acceptors (Lipinski definition) is 4. The monoisotopic (exact) mass is 253 g/mol. The lowest BCUT2D eigenvalue weighted by atomic mass is 10.4. The topological polar surface area (TPSA) is 71.8 Å². The zero-order valence-electron chi connectivity index (χ0n) is 9.27. The maximum atomic E-state index is 11.8. The minimum absolute atomic E-state index is 0.249. The predicted molar refractivity (Wildman–Crippen MR) is 66.6 cm³/mol. The Labute approximate surface area is 103 Å². The van der Waals surface area contributed by atoms with Gasteiger partial charge in [0.1, 0.15) is 12.1 Å². The molecule has 2 N–H and O–H groups in total. The van der Waals surface area contributed by atoms with Crippen molar-refractivity contribution in [2.45, 2.75) is 0 Å². The van der Waals surface area contributed by atoms with Gasteiger partial charge in [-0.05, 0) is 6.07 Å². The summed E-state index contributed by atoms with van der Waals surface area (Å²) in [7, 11) is 1.77. The van der Waals surface area contributed by atoms with Crippen LogP contribution in [0.1, 0.15) is 0 Å². The zero-order valence-corrected chi connectivity index (χ0v) is 10.0. The van der Waals surface area contributed by atoms with E-state index in [1.54, 1.807) is 19.3 Å². The Kier molecular flexibility index (Phi) is 3.43. The van der Waals surface area contributed by atoms with Gasteiger partial charge >= 0.3 is 6.03 Å². The molecule has 6 nitrogen and oxygen atoms in total. The van der Waals surface area contributed by atoms with Crippen LogP contribution in [-0.4, -0.2) is 40.0 Å². The van der Waals surface area contributed by atoms with Crippen molar-refractivity contribution in [2.24, 2.45) is 0 Å². The first kappa shape index (κ1) is 11.7. The number of carbonyl (C=O) groups excluding carboxylic acids is 1. The summed E-state index contributed by atoms with van der Waals surface area (Å²) in [5.41, 5.74) is 0.566. The first-order valence-corrected chi connectivity index (χ1v) is 5.65. The van der Waals surface area contributed by atoms with E-state index in [1.165, 1.54) is 10.9 Å². The molecule has 0 unspecified atom stereocenters. The summed E-state index contributed by atoms with van der Waals surface area (Å²) >= 11 is 5.51. The van der Waals surface area contributed by atoms with E-state index in [1.807, 2.05) is 0 Å². The zero-order chi connectivity index (χ0) is 12.3. The number of rotatable bonds is 3. The van der Waals surface area contributed by atoms with Crippen LogP contribution in [0.3, 0.4) is 0 Å². The van der Waals surface area contributed by atoms with Gasteiger partial charge in [0.2, 0.25) is 0 Å². The summed E-state index contributed by atoms with van der Waals surface area (Å²) in [4.78, 5) is 20.0. The standard InChI is InChI=1S/C10H12ClN5O/c1-12-8-7-2-5-16(9(7)15-6-14-8)10(17)13-4-3-11/h2,5-6H,3-4H2,1H3,(H,13,17)(H,12,14,15). The summed E-state index contributed by atoms with van der Waals surface area (Å²) in [6.07, 6.45) is 3.07. The molecule has 0 aliphatic rings. The van der Waals surface area contributed by atoms with E-state index in [0.717, 1.165) is 5.39 Å². The normalized spacial score (nSPS) is 10.5. The first-order valence-electron chi connectivity index (χ1n) is 5.12. The molecule has 2 rings (SSSR count). The molecule has 1 amide bonds. The van der Waals surface area contributed by atoms with E-state index in [0.29, 0.717) is 23.9 Å². The lowest BCUT2D eigenvalue weighted by Gasteiger charge is -2.05. The van der Waals surface area contributed by atoms with Crippen LogP contribution in [0.5, 0.6) is 0 Å². The maximum Gasteiger partial charge on any atom is 0.327 e. The highest BCUT2D eigenvalue weighted by molar-refractivity contribution is 6.18. The van der Waals surface area contributed by atoms with Gasteiger partial charge in [0.25, 0.3) is 0 Å². The van der Waals surface area contributed by atoms with Crippen LogP contribution in [0.15, 0.2) is 18.6 Å². The van der Waals surface area contributed by atoms with Gasteiger partial charge in [0.05, 0.1) is 5.39 Å². The first-order chi connectivity index (χ1) is 8.27. The lowest BCUT2D eigenvalue weighted by Crippen LogP contribution is -2.29. The molecule has 0 saturated heterocycles. The van der Waals surface area contributed by atoms with Gasteiger partial charge in [-0.25, -0.2) is 14.8 Å². The third-order valence-corrected chi connectivity index (χ3v) is 2.50. The Bertz CT molecular complexity index is 538. The molecule has 0 saturated carbocycles. The maximum absolute atomic E-state index is 11.8. The molecule has 2 aromatic heterocycles. The molecule has 17 heavy (non-hydrogen) atoms. The average molecular weight is 254 g/mol. The fourth-order valence-electron chi connectivity index (χ4n) is 1.55. The molecular formula is C10H12ClN5O. The van der Waals surface area contributed by atoms with Crippen LogP contribution < -0.4 is 10.6 Å². The molecule has 0 fully saturated rings. The molecule has 0 aromatic carbocycles. The molecular weight excluding hydrogens is 242 g/mol. The van der Waals surface area contributed by atoms with E-state index >= 15 is 0 Å². The minimum atomic E-state index is -0.249. The van der Waals surface area contributed by atoms with E-state index in [4.69, 9.17) is 11.6 Å². The molecule has 0 atom stereocenters. The quantitative estimate of drug-likeness (QED) is 0.808. The number of fused-ring (bicyclic) bond motifs is 1. The molecule has 2 aromatic rings. The molecule has 0 bridgehead atoms. The van der Waals surface area contributed by atoms with Crippen molar-refractivity contribution in [1.29, 1.82) is 0 Å². The van der Waals surface area contributed by atoms with E-state index < -0.39 is 0 Å². The Morgan fingerprint density at radius 3 is 3.06 bits per heavy atom.